The van der Waals surface area contributed by atoms with Gasteiger partial charge in [0.05, 0.1) is 17.2 Å². The van der Waals surface area contributed by atoms with Gasteiger partial charge in [-0.1, -0.05) is 0 Å². The van der Waals surface area contributed by atoms with Gasteiger partial charge >= 0.3 is 7.12 Å². The Morgan fingerprint density at radius 1 is 1.62 bits per heavy atom. The molecule has 2 N–H and O–H groups in total. The maximum Gasteiger partial charge on any atom is 0.515 e. The Labute approximate surface area is 72.0 Å². The van der Waals surface area contributed by atoms with E-state index in [4.69, 9.17) is 10.0 Å². The molecular weight excluding hydrogens is 182 g/mol. The molecule has 1 aromatic rings. The van der Waals surface area contributed by atoms with E-state index in [0.717, 1.165) is 0 Å². The van der Waals surface area contributed by atoms with Crippen LogP contribution >= 0.6 is 0 Å². The van der Waals surface area contributed by atoms with Gasteiger partial charge in [0.2, 0.25) is 0 Å². The number of nitrogens with zero attached hydrogens (tertiary/aromatic N) is 2. The Morgan fingerprint density at radius 2 is 2.23 bits per heavy atom. The highest BCUT2D eigenvalue weighted by Crippen LogP contribution is 2.07. The van der Waals surface area contributed by atoms with Crippen LogP contribution in [0.15, 0.2) is 12.3 Å². The van der Waals surface area contributed by atoms with Crippen LogP contribution in [0.3, 0.4) is 0 Å². The van der Waals surface area contributed by atoms with Gasteiger partial charge in [-0.3, -0.25) is 15.1 Å². The molecule has 6 nitrogen and oxygen atoms in total. The molecular formula is C5H4BFN2O4. The molecule has 0 unspecified atom stereocenters. The van der Waals surface area contributed by atoms with Gasteiger partial charge in [0, 0.05) is 0 Å². The number of hydrogen-bond acceptors (Lipinski definition) is 5. The van der Waals surface area contributed by atoms with Crippen LogP contribution in [-0.4, -0.2) is 27.1 Å². The monoisotopic (exact) mass is 186 g/mol. The molecule has 0 aliphatic heterocycles. The molecule has 8 heteroatoms. The summed E-state index contributed by atoms with van der Waals surface area (Å²) in [5, 5.41) is 27.5. The Bertz CT molecular complexity index is 345. The first-order valence-corrected chi connectivity index (χ1v) is 3.18. The summed E-state index contributed by atoms with van der Waals surface area (Å²) in [6.45, 7) is 0. The lowest BCUT2D eigenvalue weighted by atomic mass is 9.84. The van der Waals surface area contributed by atoms with Gasteiger partial charge in [-0.15, -0.1) is 0 Å². The molecule has 0 fully saturated rings. The van der Waals surface area contributed by atoms with Crippen molar-refractivity contribution in [3.05, 3.63) is 28.2 Å². The lowest BCUT2D eigenvalue weighted by molar-refractivity contribution is -0.384. The molecule has 13 heavy (non-hydrogen) atoms. The van der Waals surface area contributed by atoms with E-state index < -0.39 is 29.1 Å². The number of hydrogen-bond donors (Lipinski definition) is 2. The third kappa shape index (κ3) is 1.98. The summed E-state index contributed by atoms with van der Waals surface area (Å²) >= 11 is 0. The van der Waals surface area contributed by atoms with Crippen molar-refractivity contribution in [3.8, 4) is 0 Å². The SMILES string of the molecule is O=[N+]([O-])c1cc(F)cnc1B(O)O. The molecule has 0 radical (unpaired) electrons. The molecule has 1 heterocycles. The predicted octanol–water partition coefficient (Wildman–Crippen LogP) is -1.19. The van der Waals surface area contributed by atoms with Crippen molar-refractivity contribution < 1.29 is 19.4 Å². The molecule has 0 bridgehead atoms. The van der Waals surface area contributed by atoms with Gasteiger partial charge in [0.1, 0.15) is 11.4 Å². The molecule has 0 aliphatic rings. The van der Waals surface area contributed by atoms with E-state index in [2.05, 4.69) is 4.98 Å². The second kappa shape index (κ2) is 3.46. The summed E-state index contributed by atoms with van der Waals surface area (Å²) in [5.74, 6) is -0.906. The largest absolute Gasteiger partial charge is 0.515 e. The summed E-state index contributed by atoms with van der Waals surface area (Å²) in [5.41, 5.74) is -1.33. The Balaban J connectivity index is 3.27. The predicted molar refractivity (Wildman–Crippen MR) is 40.7 cm³/mol. The minimum absolute atomic E-state index is 0.571. The summed E-state index contributed by atoms with van der Waals surface area (Å²) in [4.78, 5) is 12.5. The normalized spacial score (nSPS) is 9.77. The minimum Gasteiger partial charge on any atom is -0.422 e. The van der Waals surface area contributed by atoms with Crippen molar-refractivity contribution in [2.24, 2.45) is 0 Å². The van der Waals surface area contributed by atoms with Crippen LogP contribution in [0.5, 0.6) is 0 Å². The molecule has 0 atom stereocenters. The Hall–Kier alpha value is -1.54. The maximum atomic E-state index is 12.4. The number of nitro groups is 1. The number of rotatable bonds is 2. The van der Waals surface area contributed by atoms with Crippen molar-refractivity contribution in [2.75, 3.05) is 0 Å². The van der Waals surface area contributed by atoms with E-state index in [1.807, 2.05) is 0 Å². The summed E-state index contributed by atoms with van der Waals surface area (Å²) < 4.78 is 12.4. The number of aromatic nitrogens is 1. The quantitative estimate of drug-likeness (QED) is 0.343. The second-order valence-corrected chi connectivity index (χ2v) is 2.19. The number of pyridine rings is 1. The fraction of sp³-hybridized carbons (Fsp3) is 0. The maximum absolute atomic E-state index is 12.4. The van der Waals surface area contributed by atoms with Gasteiger partial charge in [-0.2, -0.15) is 0 Å². The van der Waals surface area contributed by atoms with Gasteiger partial charge in [-0.05, 0) is 0 Å². The van der Waals surface area contributed by atoms with E-state index in [1.165, 1.54) is 0 Å². The second-order valence-electron chi connectivity index (χ2n) is 2.19. The van der Waals surface area contributed by atoms with Gasteiger partial charge in [-0.25, -0.2) is 4.39 Å². The first kappa shape index (κ1) is 9.55. The first-order chi connectivity index (χ1) is 6.02. The zero-order valence-electron chi connectivity index (χ0n) is 6.22. The molecule has 0 aromatic carbocycles. The van der Waals surface area contributed by atoms with E-state index in [1.54, 1.807) is 0 Å². The van der Waals surface area contributed by atoms with Crippen LogP contribution in [0.25, 0.3) is 0 Å². The van der Waals surface area contributed by atoms with Crippen LogP contribution in [0.4, 0.5) is 10.1 Å². The third-order valence-corrected chi connectivity index (χ3v) is 1.31. The highest BCUT2D eigenvalue weighted by Gasteiger charge is 2.26. The van der Waals surface area contributed by atoms with Crippen LogP contribution < -0.4 is 5.59 Å². The average Bonchev–Trinajstić information content (AvgIpc) is 2.03. The molecule has 68 valence electrons. The van der Waals surface area contributed by atoms with Crippen LogP contribution in [-0.2, 0) is 0 Å². The van der Waals surface area contributed by atoms with Crippen LogP contribution in [0.1, 0.15) is 0 Å². The Morgan fingerprint density at radius 3 is 2.69 bits per heavy atom. The van der Waals surface area contributed by atoms with Crippen molar-refractivity contribution in [3.63, 3.8) is 0 Å². The van der Waals surface area contributed by atoms with Gasteiger partial charge in [0.25, 0.3) is 5.69 Å². The highest BCUT2D eigenvalue weighted by molar-refractivity contribution is 6.59. The standard InChI is InChI=1S/C5H4BFN2O4/c7-3-1-4(9(12)13)5(6(10)11)8-2-3/h1-2,10-11H. The van der Waals surface area contributed by atoms with Crippen molar-refractivity contribution >= 4 is 18.4 Å². The van der Waals surface area contributed by atoms with Crippen molar-refractivity contribution in [2.45, 2.75) is 0 Å². The molecule has 0 amide bonds. The first-order valence-electron chi connectivity index (χ1n) is 3.18. The minimum atomic E-state index is -2.08. The molecule has 0 saturated heterocycles. The topological polar surface area (TPSA) is 96.5 Å². The van der Waals surface area contributed by atoms with Gasteiger partial charge < -0.3 is 10.0 Å². The van der Waals surface area contributed by atoms with E-state index >= 15 is 0 Å². The average molecular weight is 186 g/mol. The molecule has 0 saturated carbocycles. The van der Waals surface area contributed by atoms with E-state index in [-0.39, 0.29) is 0 Å². The molecule has 1 aromatic heterocycles. The fourth-order valence-corrected chi connectivity index (χ4v) is 0.784. The lowest BCUT2D eigenvalue weighted by Gasteiger charge is -1.99. The van der Waals surface area contributed by atoms with Crippen molar-refractivity contribution in [1.82, 2.24) is 4.98 Å². The highest BCUT2D eigenvalue weighted by atomic mass is 19.1. The summed E-state index contributed by atoms with van der Waals surface area (Å²) in [6, 6.07) is 0.571. The van der Waals surface area contributed by atoms with E-state index in [9.17, 15) is 14.5 Å². The van der Waals surface area contributed by atoms with Gasteiger partial charge in [0.15, 0.2) is 0 Å². The smallest absolute Gasteiger partial charge is 0.422 e. The van der Waals surface area contributed by atoms with E-state index in [0.29, 0.717) is 12.3 Å². The molecule has 1 rings (SSSR count). The summed E-state index contributed by atoms with van der Waals surface area (Å²) in [7, 11) is -2.08. The fourth-order valence-electron chi connectivity index (χ4n) is 0.784. The summed E-state index contributed by atoms with van der Waals surface area (Å²) in [6.07, 6.45) is 0.668. The van der Waals surface area contributed by atoms with Crippen LogP contribution in [0, 0.1) is 15.9 Å². The lowest BCUT2D eigenvalue weighted by Crippen LogP contribution is -2.34. The molecule has 0 aliphatic carbocycles. The third-order valence-electron chi connectivity index (χ3n) is 1.31. The number of halogens is 1. The van der Waals surface area contributed by atoms with Crippen LogP contribution in [0.2, 0.25) is 0 Å². The molecule has 0 spiro atoms. The Kier molecular flexibility index (Phi) is 2.54. The zero-order chi connectivity index (χ0) is 10.0. The zero-order valence-corrected chi connectivity index (χ0v) is 6.22. The van der Waals surface area contributed by atoms with Crippen molar-refractivity contribution in [1.29, 1.82) is 0 Å².